The minimum Gasteiger partial charge on any atom is -0.465 e. The zero-order chi connectivity index (χ0) is 19.1. The second kappa shape index (κ2) is 8.77. The Morgan fingerprint density at radius 1 is 1.08 bits per heavy atom. The molecule has 138 valence electrons. The van der Waals surface area contributed by atoms with Crippen LogP contribution in [-0.4, -0.2) is 53.2 Å². The van der Waals surface area contributed by atoms with Crippen molar-refractivity contribution in [3.63, 3.8) is 0 Å². The molecule has 5 N–H and O–H groups in total. The summed E-state index contributed by atoms with van der Waals surface area (Å²) in [4.78, 5) is 18.7. The largest absolute Gasteiger partial charge is 0.465 e. The first-order valence-electron chi connectivity index (χ1n) is 8.01. The molecule has 0 bridgehead atoms. The van der Waals surface area contributed by atoms with E-state index in [1.165, 1.54) is 4.90 Å². The molecule has 1 amide bonds. The van der Waals surface area contributed by atoms with E-state index in [0.29, 0.717) is 30.3 Å². The van der Waals surface area contributed by atoms with Gasteiger partial charge in [0, 0.05) is 13.1 Å². The molecule has 9 heteroatoms. The zero-order valence-corrected chi connectivity index (χ0v) is 14.8. The van der Waals surface area contributed by atoms with Crippen LogP contribution in [0.5, 0.6) is 0 Å². The number of aromatic nitrogens is 1. The van der Waals surface area contributed by atoms with Gasteiger partial charge >= 0.3 is 6.09 Å². The average Bonchev–Trinajstić information content (AvgIpc) is 2.58. The van der Waals surface area contributed by atoms with Crippen LogP contribution in [0.15, 0.2) is 46.6 Å². The monoisotopic (exact) mass is 357 g/mol. The van der Waals surface area contributed by atoms with Gasteiger partial charge in [0.1, 0.15) is 11.5 Å². The SMILES string of the molecule is CN(C)CCN(Cc1ccccc1N=Nc1ccc(N)nc1N)C(=O)O. The fourth-order valence-corrected chi connectivity index (χ4v) is 2.19. The van der Waals surface area contributed by atoms with Crippen molar-refractivity contribution < 1.29 is 9.90 Å². The van der Waals surface area contributed by atoms with Gasteiger partial charge in [0.2, 0.25) is 0 Å². The summed E-state index contributed by atoms with van der Waals surface area (Å²) < 4.78 is 0. The summed E-state index contributed by atoms with van der Waals surface area (Å²) in [7, 11) is 3.79. The fourth-order valence-electron chi connectivity index (χ4n) is 2.19. The number of nitrogens with zero attached hydrogens (tertiary/aromatic N) is 5. The number of pyridine rings is 1. The predicted molar refractivity (Wildman–Crippen MR) is 101 cm³/mol. The number of hydrogen-bond acceptors (Lipinski definition) is 7. The maximum atomic E-state index is 11.5. The van der Waals surface area contributed by atoms with Gasteiger partial charge in [-0.2, -0.15) is 5.11 Å². The Morgan fingerprint density at radius 3 is 2.42 bits per heavy atom. The Labute approximate surface area is 151 Å². The molecule has 0 aliphatic carbocycles. The van der Waals surface area contributed by atoms with E-state index >= 15 is 0 Å². The normalized spacial score (nSPS) is 11.2. The molecule has 0 saturated heterocycles. The van der Waals surface area contributed by atoms with E-state index < -0.39 is 6.09 Å². The van der Waals surface area contributed by atoms with Crippen LogP contribution in [0.4, 0.5) is 27.8 Å². The summed E-state index contributed by atoms with van der Waals surface area (Å²) in [5.74, 6) is 0.490. The lowest BCUT2D eigenvalue weighted by Gasteiger charge is -2.21. The van der Waals surface area contributed by atoms with Gasteiger partial charge in [-0.05, 0) is 37.9 Å². The first-order chi connectivity index (χ1) is 12.4. The van der Waals surface area contributed by atoms with Gasteiger partial charge in [-0.25, -0.2) is 9.78 Å². The minimum atomic E-state index is -0.981. The molecule has 0 fully saturated rings. The number of nitrogen functional groups attached to an aromatic ring is 2. The van der Waals surface area contributed by atoms with Crippen molar-refractivity contribution in [2.45, 2.75) is 6.54 Å². The molecule has 9 nitrogen and oxygen atoms in total. The summed E-state index contributed by atoms with van der Waals surface area (Å²) >= 11 is 0. The molecule has 2 aromatic rings. The topological polar surface area (TPSA) is 133 Å². The van der Waals surface area contributed by atoms with E-state index in [1.807, 2.05) is 37.2 Å². The molecule has 1 aromatic heterocycles. The number of azo groups is 1. The average molecular weight is 357 g/mol. The third-order valence-corrected chi connectivity index (χ3v) is 3.63. The number of rotatable bonds is 7. The van der Waals surface area contributed by atoms with E-state index in [1.54, 1.807) is 18.2 Å². The Balaban J connectivity index is 2.20. The van der Waals surface area contributed by atoms with Gasteiger partial charge in [-0.15, -0.1) is 5.11 Å². The van der Waals surface area contributed by atoms with Crippen LogP contribution in [0.3, 0.4) is 0 Å². The molecule has 0 aliphatic heterocycles. The van der Waals surface area contributed by atoms with Crippen LogP contribution >= 0.6 is 0 Å². The molecule has 0 radical (unpaired) electrons. The number of likely N-dealkylation sites (N-methyl/N-ethyl adjacent to an activating group) is 1. The summed E-state index contributed by atoms with van der Waals surface area (Å²) in [6, 6.07) is 10.5. The lowest BCUT2D eigenvalue weighted by Crippen LogP contribution is -2.35. The molecule has 0 aliphatic rings. The number of anilines is 2. The van der Waals surface area contributed by atoms with Gasteiger partial charge in [-0.1, -0.05) is 18.2 Å². The summed E-state index contributed by atoms with van der Waals surface area (Å²) in [6.07, 6.45) is -0.981. The van der Waals surface area contributed by atoms with Crippen molar-refractivity contribution in [1.29, 1.82) is 0 Å². The maximum Gasteiger partial charge on any atom is 0.407 e. The van der Waals surface area contributed by atoms with Crippen molar-refractivity contribution in [2.75, 3.05) is 38.7 Å². The number of hydrogen-bond donors (Lipinski definition) is 3. The van der Waals surface area contributed by atoms with Crippen molar-refractivity contribution in [3.05, 3.63) is 42.0 Å². The predicted octanol–water partition coefficient (Wildman–Crippen LogP) is 2.70. The maximum absolute atomic E-state index is 11.5. The lowest BCUT2D eigenvalue weighted by atomic mass is 10.1. The fraction of sp³-hybridized carbons (Fsp3) is 0.294. The van der Waals surface area contributed by atoms with E-state index in [4.69, 9.17) is 11.5 Å². The van der Waals surface area contributed by atoms with E-state index in [-0.39, 0.29) is 12.4 Å². The highest BCUT2D eigenvalue weighted by atomic mass is 16.4. The molecular weight excluding hydrogens is 334 g/mol. The molecule has 1 aromatic carbocycles. The summed E-state index contributed by atoms with van der Waals surface area (Å²) in [5, 5.41) is 17.7. The Morgan fingerprint density at radius 2 is 1.77 bits per heavy atom. The van der Waals surface area contributed by atoms with E-state index in [9.17, 15) is 9.90 Å². The van der Waals surface area contributed by atoms with Gasteiger partial charge in [-0.3, -0.25) is 0 Å². The van der Waals surface area contributed by atoms with Gasteiger partial charge < -0.3 is 26.4 Å². The molecule has 0 saturated carbocycles. The molecule has 0 unspecified atom stereocenters. The lowest BCUT2D eigenvalue weighted by molar-refractivity contribution is 0.138. The van der Waals surface area contributed by atoms with E-state index in [2.05, 4.69) is 15.2 Å². The number of benzene rings is 1. The molecule has 0 spiro atoms. The number of carboxylic acid groups (broad SMARTS) is 1. The van der Waals surface area contributed by atoms with Crippen molar-refractivity contribution in [1.82, 2.24) is 14.8 Å². The third-order valence-electron chi connectivity index (χ3n) is 3.63. The summed E-state index contributed by atoms with van der Waals surface area (Å²) in [6.45, 7) is 1.24. The Bertz CT molecular complexity index is 792. The molecule has 26 heavy (non-hydrogen) atoms. The van der Waals surface area contributed by atoms with E-state index in [0.717, 1.165) is 5.56 Å². The van der Waals surface area contributed by atoms with Gasteiger partial charge in [0.25, 0.3) is 0 Å². The van der Waals surface area contributed by atoms with Gasteiger partial charge in [0.05, 0.1) is 12.2 Å². The molecule has 1 heterocycles. The Kier molecular flexibility index (Phi) is 6.45. The molecular formula is C17H23N7O2. The number of nitrogens with two attached hydrogens (primary N) is 2. The smallest absolute Gasteiger partial charge is 0.407 e. The second-order valence-electron chi connectivity index (χ2n) is 5.98. The first kappa shape index (κ1) is 19.1. The van der Waals surface area contributed by atoms with Crippen molar-refractivity contribution in [3.8, 4) is 0 Å². The quantitative estimate of drug-likeness (QED) is 0.652. The first-order valence-corrected chi connectivity index (χ1v) is 8.01. The van der Waals surface area contributed by atoms with Crippen LogP contribution in [0, 0.1) is 0 Å². The van der Waals surface area contributed by atoms with Crippen LogP contribution in [0.1, 0.15) is 5.56 Å². The van der Waals surface area contributed by atoms with Crippen LogP contribution in [0.25, 0.3) is 0 Å². The highest BCUT2D eigenvalue weighted by molar-refractivity contribution is 5.65. The number of carbonyl (C=O) groups is 1. The van der Waals surface area contributed by atoms with Crippen LogP contribution < -0.4 is 11.5 Å². The zero-order valence-electron chi connectivity index (χ0n) is 14.8. The standard InChI is InChI=1S/C17H23N7O2/c1-23(2)9-10-24(17(25)26)11-12-5-3-4-6-13(12)21-22-14-7-8-15(18)20-16(14)19/h3-8H,9-11H2,1-2H3,(H,25,26)(H4,18,19,20). The highest BCUT2D eigenvalue weighted by Gasteiger charge is 2.14. The minimum absolute atomic E-state index is 0.185. The summed E-state index contributed by atoms with van der Waals surface area (Å²) in [5.41, 5.74) is 13.1. The third kappa shape index (κ3) is 5.42. The molecule has 0 atom stereocenters. The van der Waals surface area contributed by atoms with Crippen molar-refractivity contribution >= 4 is 29.1 Å². The number of amides is 1. The van der Waals surface area contributed by atoms with Crippen molar-refractivity contribution in [2.24, 2.45) is 10.2 Å². The highest BCUT2D eigenvalue weighted by Crippen LogP contribution is 2.26. The molecule has 2 rings (SSSR count). The second-order valence-corrected chi connectivity index (χ2v) is 5.98. The van der Waals surface area contributed by atoms with Gasteiger partial charge in [0.15, 0.2) is 5.82 Å². The van der Waals surface area contributed by atoms with Crippen LogP contribution in [-0.2, 0) is 6.54 Å². The van der Waals surface area contributed by atoms with Crippen LogP contribution in [0.2, 0.25) is 0 Å². The Hall–Kier alpha value is -3.20.